The Labute approximate surface area is 190 Å². The predicted octanol–water partition coefficient (Wildman–Crippen LogP) is 1.54. The van der Waals surface area contributed by atoms with Crippen LogP contribution in [0.5, 0.6) is 0 Å². The molecule has 5 heterocycles. The SMILES string of the molecule is Cc1c(C(=O)N2CC[C@H]3CN(Cc4cccnc4)C[C@H]32)nc2ccccn12.O=C(O)C(=O)O. The van der Waals surface area contributed by atoms with Crippen molar-refractivity contribution in [3.63, 3.8) is 0 Å². The number of aliphatic carboxylic acids is 2. The fraction of sp³-hybridized carbons (Fsp3) is 0.348. The van der Waals surface area contributed by atoms with Crippen molar-refractivity contribution in [1.82, 2.24) is 24.2 Å². The first kappa shape index (κ1) is 22.4. The number of aryl methyl sites for hydroxylation is 1. The molecule has 3 aromatic rings. The number of carbonyl (C=O) groups is 3. The second-order valence-corrected chi connectivity index (χ2v) is 8.25. The molecule has 0 bridgehead atoms. The topological polar surface area (TPSA) is 128 Å². The number of imidazole rings is 1. The molecule has 0 unspecified atom stereocenters. The van der Waals surface area contributed by atoms with Crippen LogP contribution in [0.1, 0.15) is 28.2 Å². The number of nitrogens with zero attached hydrogens (tertiary/aromatic N) is 5. The highest BCUT2D eigenvalue weighted by Crippen LogP contribution is 2.33. The van der Waals surface area contributed by atoms with E-state index in [9.17, 15) is 4.79 Å². The monoisotopic (exact) mass is 451 g/mol. The fourth-order valence-corrected chi connectivity index (χ4v) is 4.64. The normalized spacial score (nSPS) is 19.7. The van der Waals surface area contributed by atoms with Crippen molar-refractivity contribution < 1.29 is 24.6 Å². The van der Waals surface area contributed by atoms with Crippen LogP contribution < -0.4 is 0 Å². The van der Waals surface area contributed by atoms with Gasteiger partial charge in [-0.05, 0) is 43.0 Å². The van der Waals surface area contributed by atoms with Crippen LogP contribution in [0.3, 0.4) is 0 Å². The summed E-state index contributed by atoms with van der Waals surface area (Å²) >= 11 is 0. The number of hydrogen-bond acceptors (Lipinski definition) is 6. The van der Waals surface area contributed by atoms with Gasteiger partial charge in [-0.25, -0.2) is 14.6 Å². The van der Waals surface area contributed by atoms with Gasteiger partial charge in [0.15, 0.2) is 0 Å². The van der Waals surface area contributed by atoms with E-state index in [1.807, 2.05) is 48.0 Å². The molecule has 5 rings (SSSR count). The Kier molecular flexibility index (Phi) is 6.36. The highest BCUT2D eigenvalue weighted by molar-refractivity contribution is 6.27. The number of aromatic nitrogens is 3. The average Bonchev–Trinajstić information content (AvgIpc) is 3.47. The fourth-order valence-electron chi connectivity index (χ4n) is 4.64. The van der Waals surface area contributed by atoms with E-state index in [1.54, 1.807) is 6.20 Å². The summed E-state index contributed by atoms with van der Waals surface area (Å²) in [6.45, 7) is 5.69. The second kappa shape index (κ2) is 9.37. The molecular weight excluding hydrogens is 426 g/mol. The zero-order valence-corrected chi connectivity index (χ0v) is 18.2. The Hall–Kier alpha value is -3.79. The predicted molar refractivity (Wildman–Crippen MR) is 118 cm³/mol. The highest BCUT2D eigenvalue weighted by atomic mass is 16.4. The van der Waals surface area contributed by atoms with Crippen LogP contribution in [0.25, 0.3) is 5.65 Å². The van der Waals surface area contributed by atoms with E-state index in [0.29, 0.717) is 17.7 Å². The van der Waals surface area contributed by atoms with Gasteiger partial charge in [0.25, 0.3) is 5.91 Å². The Balaban J connectivity index is 0.000000385. The van der Waals surface area contributed by atoms with Crippen molar-refractivity contribution in [3.8, 4) is 0 Å². The number of rotatable bonds is 3. The maximum Gasteiger partial charge on any atom is 0.414 e. The van der Waals surface area contributed by atoms with E-state index < -0.39 is 11.9 Å². The number of carboxylic acid groups (broad SMARTS) is 2. The molecule has 2 saturated heterocycles. The largest absolute Gasteiger partial charge is 0.473 e. The molecule has 172 valence electrons. The van der Waals surface area contributed by atoms with Gasteiger partial charge < -0.3 is 19.5 Å². The van der Waals surface area contributed by atoms with E-state index in [1.165, 1.54) is 5.56 Å². The lowest BCUT2D eigenvalue weighted by Gasteiger charge is -2.24. The molecule has 0 aromatic carbocycles. The summed E-state index contributed by atoms with van der Waals surface area (Å²) in [5, 5.41) is 14.8. The third-order valence-electron chi connectivity index (χ3n) is 6.17. The second-order valence-electron chi connectivity index (χ2n) is 8.25. The lowest BCUT2D eigenvalue weighted by molar-refractivity contribution is -0.159. The molecule has 10 heteroatoms. The van der Waals surface area contributed by atoms with Gasteiger partial charge in [-0.3, -0.25) is 14.7 Å². The first-order chi connectivity index (χ1) is 15.8. The Morgan fingerprint density at radius 3 is 2.55 bits per heavy atom. The van der Waals surface area contributed by atoms with Gasteiger partial charge in [-0.1, -0.05) is 12.1 Å². The van der Waals surface area contributed by atoms with Gasteiger partial charge in [0.05, 0.1) is 5.69 Å². The zero-order valence-electron chi connectivity index (χ0n) is 18.2. The van der Waals surface area contributed by atoms with Crippen LogP contribution in [0.4, 0.5) is 0 Å². The van der Waals surface area contributed by atoms with Crippen molar-refractivity contribution in [2.75, 3.05) is 19.6 Å². The molecule has 2 aliphatic heterocycles. The van der Waals surface area contributed by atoms with Crippen molar-refractivity contribution in [2.24, 2.45) is 5.92 Å². The van der Waals surface area contributed by atoms with Gasteiger partial charge >= 0.3 is 11.9 Å². The Bertz CT molecular complexity index is 1170. The van der Waals surface area contributed by atoms with Crippen molar-refractivity contribution >= 4 is 23.5 Å². The summed E-state index contributed by atoms with van der Waals surface area (Å²) in [4.78, 5) is 44.8. The number of carbonyl (C=O) groups excluding carboxylic acids is 1. The van der Waals surface area contributed by atoms with Crippen LogP contribution in [0.15, 0.2) is 48.9 Å². The van der Waals surface area contributed by atoms with Crippen molar-refractivity contribution in [1.29, 1.82) is 0 Å². The van der Waals surface area contributed by atoms with Crippen molar-refractivity contribution in [2.45, 2.75) is 25.9 Å². The Morgan fingerprint density at radius 2 is 1.88 bits per heavy atom. The van der Waals surface area contributed by atoms with Crippen LogP contribution >= 0.6 is 0 Å². The number of pyridine rings is 2. The van der Waals surface area contributed by atoms with E-state index >= 15 is 0 Å². The third kappa shape index (κ3) is 4.70. The molecule has 33 heavy (non-hydrogen) atoms. The molecule has 10 nitrogen and oxygen atoms in total. The van der Waals surface area contributed by atoms with Gasteiger partial charge in [-0.15, -0.1) is 0 Å². The Morgan fingerprint density at radius 1 is 1.09 bits per heavy atom. The van der Waals surface area contributed by atoms with Crippen molar-refractivity contribution in [3.05, 3.63) is 65.9 Å². The maximum atomic E-state index is 13.3. The summed E-state index contributed by atoms with van der Waals surface area (Å²) in [6, 6.07) is 10.3. The van der Waals surface area contributed by atoms with E-state index in [4.69, 9.17) is 19.8 Å². The number of fused-ring (bicyclic) bond motifs is 2. The van der Waals surface area contributed by atoms with Gasteiger partial charge in [0, 0.05) is 50.8 Å². The number of carboxylic acids is 2. The molecule has 2 fully saturated rings. The molecule has 2 N–H and O–H groups in total. The standard InChI is InChI=1S/C21H23N5O.C2H2O4/c1-15-20(23-19-6-2-3-9-25(15)19)21(27)26-10-7-17-13-24(14-18(17)26)12-16-5-4-8-22-11-16;3-1(4)2(5)6/h2-6,8-9,11,17-18H,7,10,12-14H2,1H3;(H,3,4)(H,5,6)/t17-,18+;/m0./s1. The summed E-state index contributed by atoms with van der Waals surface area (Å²) in [5.74, 6) is -3.01. The average molecular weight is 451 g/mol. The highest BCUT2D eigenvalue weighted by Gasteiger charge is 2.44. The smallest absolute Gasteiger partial charge is 0.414 e. The third-order valence-corrected chi connectivity index (χ3v) is 6.17. The van der Waals surface area contributed by atoms with E-state index in [0.717, 1.165) is 43.9 Å². The van der Waals surface area contributed by atoms with Gasteiger partial charge in [0.2, 0.25) is 0 Å². The lowest BCUT2D eigenvalue weighted by atomic mass is 10.1. The zero-order chi connectivity index (χ0) is 23.5. The molecular formula is C23H25N5O5. The quantitative estimate of drug-likeness (QED) is 0.574. The molecule has 0 aliphatic carbocycles. The minimum atomic E-state index is -1.82. The van der Waals surface area contributed by atoms with Gasteiger partial charge in [0.1, 0.15) is 11.3 Å². The molecule has 0 radical (unpaired) electrons. The molecule has 0 spiro atoms. The maximum absolute atomic E-state index is 13.3. The minimum absolute atomic E-state index is 0.0759. The number of likely N-dealkylation sites (tertiary alicyclic amines) is 2. The summed E-state index contributed by atoms with van der Waals surface area (Å²) < 4.78 is 1.99. The molecule has 2 atom stereocenters. The number of hydrogen-bond donors (Lipinski definition) is 2. The summed E-state index contributed by atoms with van der Waals surface area (Å²) in [6.07, 6.45) is 6.77. The lowest BCUT2D eigenvalue weighted by Crippen LogP contribution is -2.40. The first-order valence-electron chi connectivity index (χ1n) is 10.7. The van der Waals surface area contributed by atoms with E-state index in [2.05, 4.69) is 25.8 Å². The summed E-state index contributed by atoms with van der Waals surface area (Å²) in [5.41, 5.74) is 3.57. The molecule has 3 aromatic heterocycles. The van der Waals surface area contributed by atoms with Gasteiger partial charge in [-0.2, -0.15) is 0 Å². The van der Waals surface area contributed by atoms with Crippen LogP contribution in [0, 0.1) is 12.8 Å². The van der Waals surface area contributed by atoms with Crippen LogP contribution in [0.2, 0.25) is 0 Å². The minimum Gasteiger partial charge on any atom is -0.473 e. The number of amides is 1. The molecule has 2 aliphatic rings. The first-order valence-corrected chi connectivity index (χ1v) is 10.7. The molecule has 1 amide bonds. The van der Waals surface area contributed by atoms with Crippen LogP contribution in [-0.4, -0.2) is 77.9 Å². The summed E-state index contributed by atoms with van der Waals surface area (Å²) in [7, 11) is 0. The van der Waals surface area contributed by atoms with Crippen LogP contribution in [-0.2, 0) is 16.1 Å². The molecule has 0 saturated carbocycles. The van der Waals surface area contributed by atoms with E-state index in [-0.39, 0.29) is 5.91 Å².